The molecule has 58 valence electrons. The molecule has 1 rings (SSSR count). The fraction of sp³-hybridized carbons (Fsp3) is 0.857. The van der Waals surface area contributed by atoms with E-state index in [0.29, 0.717) is 0 Å². The monoisotopic (exact) mass is 198 g/mol. The van der Waals surface area contributed by atoms with Gasteiger partial charge in [0.1, 0.15) is 0 Å². The summed E-state index contributed by atoms with van der Waals surface area (Å²) in [7, 11) is 0. The molecule has 10 heavy (non-hydrogen) atoms. The van der Waals surface area contributed by atoms with E-state index >= 15 is 0 Å². The SMILES string of the molecule is ClC(Cl)(Cl)C1C[C]CCC1. The molecule has 0 amide bonds. The molecule has 0 saturated heterocycles. The van der Waals surface area contributed by atoms with Crippen LogP contribution in [0.3, 0.4) is 0 Å². The lowest BCUT2D eigenvalue weighted by atomic mass is 9.90. The van der Waals surface area contributed by atoms with E-state index < -0.39 is 3.79 Å². The van der Waals surface area contributed by atoms with E-state index in [0.717, 1.165) is 25.7 Å². The largest absolute Gasteiger partial charge is 0.193 e. The van der Waals surface area contributed by atoms with E-state index in [1.165, 1.54) is 0 Å². The van der Waals surface area contributed by atoms with Crippen LogP contribution in [0.1, 0.15) is 25.7 Å². The van der Waals surface area contributed by atoms with Gasteiger partial charge in [0.2, 0.25) is 0 Å². The van der Waals surface area contributed by atoms with Crippen molar-refractivity contribution in [3.8, 4) is 0 Å². The smallest absolute Gasteiger partial charge is 0.0834 e. The molecule has 1 atom stereocenters. The number of hydrogen-bond donors (Lipinski definition) is 0. The summed E-state index contributed by atoms with van der Waals surface area (Å²) in [5.74, 6) is 0.186. The number of alkyl halides is 3. The van der Waals surface area contributed by atoms with Crippen molar-refractivity contribution < 1.29 is 0 Å². The van der Waals surface area contributed by atoms with Gasteiger partial charge in [0.15, 0.2) is 3.79 Å². The lowest BCUT2D eigenvalue weighted by Gasteiger charge is -2.27. The van der Waals surface area contributed by atoms with Gasteiger partial charge in [-0.1, -0.05) is 41.2 Å². The highest BCUT2D eigenvalue weighted by Crippen LogP contribution is 2.42. The topological polar surface area (TPSA) is 0 Å². The first-order chi connectivity index (χ1) is 4.61. The molecule has 1 saturated carbocycles. The Labute approximate surface area is 76.8 Å². The van der Waals surface area contributed by atoms with Crippen molar-refractivity contribution >= 4 is 34.8 Å². The zero-order valence-electron chi connectivity index (χ0n) is 5.54. The first-order valence-electron chi connectivity index (χ1n) is 3.38. The molecule has 0 aromatic heterocycles. The second-order valence-electron chi connectivity index (χ2n) is 2.58. The Morgan fingerprint density at radius 1 is 1.30 bits per heavy atom. The molecule has 0 heterocycles. The maximum atomic E-state index is 5.70. The third-order valence-electron chi connectivity index (χ3n) is 1.76. The van der Waals surface area contributed by atoms with Crippen molar-refractivity contribution in [1.29, 1.82) is 0 Å². The van der Waals surface area contributed by atoms with Crippen LogP contribution in [-0.2, 0) is 0 Å². The van der Waals surface area contributed by atoms with Crippen LogP contribution < -0.4 is 0 Å². The minimum atomic E-state index is -1.08. The Bertz CT molecular complexity index is 99.9. The molecule has 1 unspecified atom stereocenters. The summed E-state index contributed by atoms with van der Waals surface area (Å²) in [5.41, 5.74) is 0. The van der Waals surface area contributed by atoms with Crippen LogP contribution in [0.25, 0.3) is 0 Å². The van der Waals surface area contributed by atoms with Gasteiger partial charge in [-0.15, -0.1) is 0 Å². The molecule has 0 bridgehead atoms. The summed E-state index contributed by atoms with van der Waals surface area (Å²) >= 11 is 17.1. The van der Waals surface area contributed by atoms with Gasteiger partial charge in [-0.3, -0.25) is 0 Å². The summed E-state index contributed by atoms with van der Waals surface area (Å²) in [6, 6.07) is 0. The third-order valence-corrected chi connectivity index (χ3v) is 2.69. The standard InChI is InChI=1S/C7H9Cl3/c8-7(9,10)6-4-2-1-3-5-6/h6H,1-2,4-5H2. The lowest BCUT2D eigenvalue weighted by molar-refractivity contribution is 0.420. The van der Waals surface area contributed by atoms with Crippen molar-refractivity contribution in [2.45, 2.75) is 29.5 Å². The Balaban J connectivity index is 2.39. The molecular weight excluding hydrogens is 190 g/mol. The molecule has 0 spiro atoms. The molecule has 3 heteroatoms. The molecule has 0 N–H and O–H groups in total. The first kappa shape index (κ1) is 8.96. The highest BCUT2D eigenvalue weighted by Gasteiger charge is 2.33. The van der Waals surface area contributed by atoms with Crippen molar-refractivity contribution in [2.75, 3.05) is 0 Å². The van der Waals surface area contributed by atoms with E-state index in [9.17, 15) is 0 Å². The van der Waals surface area contributed by atoms with Gasteiger partial charge in [0.05, 0.1) is 0 Å². The maximum Gasteiger partial charge on any atom is 0.193 e. The number of hydrogen-bond acceptors (Lipinski definition) is 0. The van der Waals surface area contributed by atoms with Gasteiger partial charge < -0.3 is 0 Å². The molecule has 1 fully saturated rings. The van der Waals surface area contributed by atoms with Gasteiger partial charge in [-0.2, -0.15) is 0 Å². The van der Waals surface area contributed by atoms with Crippen LogP contribution >= 0.6 is 34.8 Å². The second kappa shape index (κ2) is 3.51. The molecule has 1 aliphatic carbocycles. The summed E-state index contributed by atoms with van der Waals surface area (Å²) in [5, 5.41) is 0. The van der Waals surface area contributed by atoms with Gasteiger partial charge in [0, 0.05) is 5.92 Å². The fourth-order valence-corrected chi connectivity index (χ4v) is 1.69. The first-order valence-corrected chi connectivity index (χ1v) is 4.51. The molecule has 0 nitrogen and oxygen atoms in total. The fourth-order valence-electron chi connectivity index (χ4n) is 1.13. The van der Waals surface area contributed by atoms with Crippen LogP contribution in [0, 0.1) is 12.3 Å². The second-order valence-corrected chi connectivity index (χ2v) is 4.95. The number of halogens is 3. The van der Waals surface area contributed by atoms with Crippen molar-refractivity contribution in [2.24, 2.45) is 5.92 Å². The van der Waals surface area contributed by atoms with Crippen LogP contribution in [0.2, 0.25) is 0 Å². The van der Waals surface area contributed by atoms with Crippen LogP contribution in [-0.4, -0.2) is 3.79 Å². The third kappa shape index (κ3) is 2.48. The van der Waals surface area contributed by atoms with Crippen molar-refractivity contribution in [3.63, 3.8) is 0 Å². The molecule has 0 aromatic carbocycles. The molecule has 1 aliphatic rings. The minimum Gasteiger partial charge on any atom is -0.0834 e. The normalized spacial score (nSPS) is 23.1. The lowest BCUT2D eigenvalue weighted by Crippen LogP contribution is -2.21. The highest BCUT2D eigenvalue weighted by atomic mass is 35.6. The minimum absolute atomic E-state index is 0.186. The summed E-state index contributed by atoms with van der Waals surface area (Å²) in [6.45, 7) is 0. The Morgan fingerprint density at radius 2 is 2.00 bits per heavy atom. The van der Waals surface area contributed by atoms with E-state index in [1.807, 2.05) is 0 Å². The molecule has 0 aliphatic heterocycles. The molecular formula is C7H9Cl3. The van der Waals surface area contributed by atoms with E-state index in [-0.39, 0.29) is 5.92 Å². The van der Waals surface area contributed by atoms with Crippen LogP contribution in [0.4, 0.5) is 0 Å². The Hall–Kier alpha value is 0.870. The Kier molecular flexibility index (Phi) is 3.15. The van der Waals surface area contributed by atoms with Crippen LogP contribution in [0.5, 0.6) is 0 Å². The molecule has 2 radical (unpaired) electrons. The van der Waals surface area contributed by atoms with Gasteiger partial charge in [-0.25, -0.2) is 0 Å². The zero-order valence-corrected chi connectivity index (χ0v) is 7.81. The van der Waals surface area contributed by atoms with Crippen molar-refractivity contribution in [3.05, 3.63) is 6.42 Å². The average Bonchev–Trinajstić information content (AvgIpc) is 1.88. The van der Waals surface area contributed by atoms with Gasteiger partial charge in [0.25, 0.3) is 0 Å². The predicted molar refractivity (Wildman–Crippen MR) is 45.5 cm³/mol. The number of rotatable bonds is 0. The molecule has 0 aromatic rings. The van der Waals surface area contributed by atoms with Gasteiger partial charge >= 0.3 is 0 Å². The quantitative estimate of drug-likeness (QED) is 0.523. The summed E-state index contributed by atoms with van der Waals surface area (Å²) in [6.07, 6.45) is 7.20. The predicted octanol–water partition coefficient (Wildman–Crippen LogP) is 3.63. The zero-order chi connectivity index (χ0) is 7.61. The summed E-state index contributed by atoms with van der Waals surface area (Å²) < 4.78 is -1.08. The Morgan fingerprint density at radius 3 is 2.30 bits per heavy atom. The van der Waals surface area contributed by atoms with E-state index in [4.69, 9.17) is 34.8 Å². The van der Waals surface area contributed by atoms with Crippen LogP contribution in [0.15, 0.2) is 0 Å². The maximum absolute atomic E-state index is 5.70. The highest BCUT2D eigenvalue weighted by molar-refractivity contribution is 6.67. The van der Waals surface area contributed by atoms with E-state index in [1.54, 1.807) is 0 Å². The average molecular weight is 200 g/mol. The van der Waals surface area contributed by atoms with Crippen molar-refractivity contribution in [1.82, 2.24) is 0 Å². The van der Waals surface area contributed by atoms with Gasteiger partial charge in [-0.05, 0) is 25.7 Å². The van der Waals surface area contributed by atoms with E-state index in [2.05, 4.69) is 6.42 Å². The summed E-state index contributed by atoms with van der Waals surface area (Å²) in [4.78, 5) is 0.